The molecule has 0 aliphatic heterocycles. The van der Waals surface area contributed by atoms with E-state index >= 15 is 0 Å². The maximum Gasteiger partial charge on any atom is 0.573 e. The predicted octanol–water partition coefficient (Wildman–Crippen LogP) is 4.56. The molecule has 1 aromatic heterocycles. The van der Waals surface area contributed by atoms with Gasteiger partial charge in [0.2, 0.25) is 0 Å². The van der Waals surface area contributed by atoms with E-state index in [-0.39, 0.29) is 5.69 Å². The topological polar surface area (TPSA) is 91.1 Å². The highest BCUT2D eigenvalue weighted by atomic mass is 19.4. The van der Waals surface area contributed by atoms with Crippen LogP contribution in [-0.2, 0) is 6.54 Å². The summed E-state index contributed by atoms with van der Waals surface area (Å²) < 4.78 is 40.7. The maximum absolute atomic E-state index is 12.3. The predicted molar refractivity (Wildman–Crippen MR) is 98.1 cm³/mol. The third-order valence-electron chi connectivity index (χ3n) is 3.51. The van der Waals surface area contributed by atoms with Crippen LogP contribution < -0.4 is 20.7 Å². The average molecular weight is 391 g/mol. The molecule has 0 spiro atoms. The number of anilines is 3. The second-order valence-electron chi connectivity index (χ2n) is 5.70. The van der Waals surface area contributed by atoms with E-state index in [1.54, 1.807) is 30.6 Å². The SMILES string of the molecule is O=C(Nc1cccc(CNc2cn[nH]c2)c1)Nc1cccc(OC(F)(F)F)c1. The Morgan fingerprint density at radius 3 is 2.43 bits per heavy atom. The van der Waals surface area contributed by atoms with Crippen LogP contribution in [0.4, 0.5) is 35.0 Å². The van der Waals surface area contributed by atoms with Crippen LogP contribution in [-0.4, -0.2) is 22.6 Å². The van der Waals surface area contributed by atoms with E-state index < -0.39 is 18.1 Å². The van der Waals surface area contributed by atoms with Gasteiger partial charge < -0.3 is 20.7 Å². The molecule has 146 valence electrons. The first kappa shape index (κ1) is 19.1. The molecule has 2 aromatic carbocycles. The summed E-state index contributed by atoms with van der Waals surface area (Å²) in [5, 5.41) is 14.8. The van der Waals surface area contributed by atoms with Gasteiger partial charge in [-0.1, -0.05) is 18.2 Å². The van der Waals surface area contributed by atoms with E-state index in [0.717, 1.165) is 23.4 Å². The van der Waals surface area contributed by atoms with Gasteiger partial charge in [-0.15, -0.1) is 13.2 Å². The number of benzene rings is 2. The van der Waals surface area contributed by atoms with Crippen LogP contribution in [0.15, 0.2) is 60.9 Å². The normalized spacial score (nSPS) is 11.0. The molecule has 0 saturated heterocycles. The molecule has 28 heavy (non-hydrogen) atoms. The van der Waals surface area contributed by atoms with Gasteiger partial charge in [-0.3, -0.25) is 5.10 Å². The van der Waals surface area contributed by atoms with Gasteiger partial charge in [0.1, 0.15) is 5.75 Å². The van der Waals surface area contributed by atoms with Crippen molar-refractivity contribution in [2.24, 2.45) is 0 Å². The molecule has 3 rings (SSSR count). The highest BCUT2D eigenvalue weighted by Gasteiger charge is 2.31. The molecule has 0 unspecified atom stereocenters. The zero-order valence-electron chi connectivity index (χ0n) is 14.4. The minimum atomic E-state index is -4.80. The number of carbonyl (C=O) groups excluding carboxylic acids is 1. The average Bonchev–Trinajstić information content (AvgIpc) is 3.12. The second kappa shape index (κ2) is 8.33. The van der Waals surface area contributed by atoms with Gasteiger partial charge >= 0.3 is 12.4 Å². The lowest BCUT2D eigenvalue weighted by molar-refractivity contribution is -0.274. The molecule has 10 heteroatoms. The van der Waals surface area contributed by atoms with E-state index in [1.165, 1.54) is 12.1 Å². The van der Waals surface area contributed by atoms with Crippen LogP contribution in [0.3, 0.4) is 0 Å². The lowest BCUT2D eigenvalue weighted by Gasteiger charge is -2.12. The van der Waals surface area contributed by atoms with Crippen LogP contribution in [0, 0.1) is 0 Å². The van der Waals surface area contributed by atoms with Gasteiger partial charge in [-0.05, 0) is 29.8 Å². The van der Waals surface area contributed by atoms with Crippen LogP contribution in [0.25, 0.3) is 0 Å². The number of urea groups is 1. The Morgan fingerprint density at radius 1 is 1.04 bits per heavy atom. The van der Waals surface area contributed by atoms with E-state index in [0.29, 0.717) is 12.2 Å². The second-order valence-corrected chi connectivity index (χ2v) is 5.70. The minimum Gasteiger partial charge on any atom is -0.406 e. The molecule has 0 atom stereocenters. The molecule has 0 aliphatic carbocycles. The Morgan fingerprint density at radius 2 is 1.75 bits per heavy atom. The van der Waals surface area contributed by atoms with Gasteiger partial charge in [0.15, 0.2) is 0 Å². The van der Waals surface area contributed by atoms with Crippen molar-refractivity contribution in [1.29, 1.82) is 0 Å². The van der Waals surface area contributed by atoms with Crippen LogP contribution >= 0.6 is 0 Å². The maximum atomic E-state index is 12.3. The number of hydrogen-bond acceptors (Lipinski definition) is 4. The van der Waals surface area contributed by atoms with Gasteiger partial charge in [0, 0.05) is 30.2 Å². The molecule has 1 heterocycles. The molecule has 7 nitrogen and oxygen atoms in total. The Bertz CT molecular complexity index is 929. The number of aromatic nitrogens is 2. The zero-order chi connectivity index (χ0) is 20.0. The molecular weight excluding hydrogens is 375 g/mol. The van der Waals surface area contributed by atoms with E-state index in [4.69, 9.17) is 0 Å². The fourth-order valence-electron chi connectivity index (χ4n) is 2.38. The van der Waals surface area contributed by atoms with Crippen molar-refractivity contribution in [1.82, 2.24) is 10.2 Å². The van der Waals surface area contributed by atoms with Crippen LogP contribution in [0.5, 0.6) is 5.75 Å². The fraction of sp³-hybridized carbons (Fsp3) is 0.111. The third kappa shape index (κ3) is 5.94. The number of H-pyrrole nitrogens is 1. The number of halogens is 3. The molecular formula is C18H16F3N5O2. The summed E-state index contributed by atoms with van der Waals surface area (Å²) in [5.41, 5.74) is 2.44. The van der Waals surface area contributed by atoms with Crippen molar-refractivity contribution < 1.29 is 22.7 Å². The number of aromatic amines is 1. The van der Waals surface area contributed by atoms with Gasteiger partial charge in [-0.2, -0.15) is 5.10 Å². The lowest BCUT2D eigenvalue weighted by atomic mass is 10.2. The van der Waals surface area contributed by atoms with Crippen LogP contribution in [0.2, 0.25) is 0 Å². The van der Waals surface area contributed by atoms with Crippen molar-refractivity contribution in [2.45, 2.75) is 12.9 Å². The van der Waals surface area contributed by atoms with Gasteiger partial charge in [0.25, 0.3) is 0 Å². The van der Waals surface area contributed by atoms with E-state index in [9.17, 15) is 18.0 Å². The smallest absolute Gasteiger partial charge is 0.406 e. The monoisotopic (exact) mass is 391 g/mol. The summed E-state index contributed by atoms with van der Waals surface area (Å²) in [4.78, 5) is 12.1. The number of alkyl halides is 3. The molecule has 0 radical (unpaired) electrons. The van der Waals surface area contributed by atoms with Crippen molar-refractivity contribution in [3.8, 4) is 5.75 Å². The number of nitrogens with zero attached hydrogens (tertiary/aromatic N) is 1. The fourth-order valence-corrected chi connectivity index (χ4v) is 2.38. The summed E-state index contributed by atoms with van der Waals surface area (Å²) in [6.45, 7) is 0.521. The molecule has 0 fully saturated rings. The standard InChI is InChI=1S/C18H16F3N5O2/c19-18(20,21)28-16-6-2-5-14(8-16)26-17(27)25-13-4-1-3-12(7-13)9-22-15-10-23-24-11-15/h1-8,10-11,22H,9H2,(H,23,24)(H2,25,26,27). The minimum absolute atomic E-state index is 0.164. The molecule has 3 aromatic rings. The first-order valence-corrected chi connectivity index (χ1v) is 8.13. The summed E-state index contributed by atoms with van der Waals surface area (Å²) in [7, 11) is 0. The first-order valence-electron chi connectivity index (χ1n) is 8.13. The number of rotatable bonds is 6. The Kier molecular flexibility index (Phi) is 5.68. The van der Waals surface area contributed by atoms with Crippen molar-refractivity contribution in [2.75, 3.05) is 16.0 Å². The van der Waals surface area contributed by atoms with Gasteiger partial charge in [0.05, 0.1) is 11.9 Å². The largest absolute Gasteiger partial charge is 0.573 e. The molecule has 0 saturated carbocycles. The zero-order valence-corrected chi connectivity index (χ0v) is 14.4. The highest BCUT2D eigenvalue weighted by molar-refractivity contribution is 5.99. The number of ether oxygens (including phenoxy) is 1. The summed E-state index contributed by atoms with van der Waals surface area (Å²) in [5.74, 6) is -0.419. The highest BCUT2D eigenvalue weighted by Crippen LogP contribution is 2.25. The molecule has 0 bridgehead atoms. The van der Waals surface area contributed by atoms with Crippen LogP contribution in [0.1, 0.15) is 5.56 Å². The van der Waals surface area contributed by atoms with Gasteiger partial charge in [-0.25, -0.2) is 4.79 Å². The number of carbonyl (C=O) groups is 1. The Hall–Kier alpha value is -3.69. The summed E-state index contributed by atoms with van der Waals surface area (Å²) in [6, 6.07) is 11.6. The van der Waals surface area contributed by atoms with Crippen molar-refractivity contribution in [3.63, 3.8) is 0 Å². The number of amides is 2. The third-order valence-corrected chi connectivity index (χ3v) is 3.51. The summed E-state index contributed by atoms with van der Waals surface area (Å²) in [6.07, 6.45) is -1.44. The van der Waals surface area contributed by atoms with E-state index in [2.05, 4.69) is 30.9 Å². The number of nitrogens with one attached hydrogen (secondary N) is 4. The van der Waals surface area contributed by atoms with E-state index in [1.807, 2.05) is 6.07 Å². The lowest BCUT2D eigenvalue weighted by Crippen LogP contribution is -2.20. The summed E-state index contributed by atoms with van der Waals surface area (Å²) >= 11 is 0. The quantitative estimate of drug-likeness (QED) is 0.496. The van der Waals surface area contributed by atoms with Crippen molar-refractivity contribution in [3.05, 3.63) is 66.5 Å². The molecule has 2 amide bonds. The Labute approximate surface area is 157 Å². The van der Waals surface area contributed by atoms with Crippen molar-refractivity contribution >= 4 is 23.1 Å². The number of hydrogen-bond donors (Lipinski definition) is 4. The Balaban J connectivity index is 1.57. The molecule has 4 N–H and O–H groups in total. The first-order chi connectivity index (χ1) is 13.4. The molecule has 0 aliphatic rings.